The second-order valence-electron chi connectivity index (χ2n) is 4.55. The summed E-state index contributed by atoms with van der Waals surface area (Å²) in [6.07, 6.45) is 5.95. The third-order valence-electron chi connectivity index (χ3n) is 3.26. The minimum Gasteiger partial charge on any atom is -0.387 e. The maximum Gasteiger partial charge on any atom is 0.159 e. The van der Waals surface area contributed by atoms with Gasteiger partial charge in [0.2, 0.25) is 0 Å². The number of rotatable bonds is 2. The molecular formula is C17H22N4. The van der Waals surface area contributed by atoms with Crippen LogP contribution in [0.3, 0.4) is 0 Å². The lowest BCUT2D eigenvalue weighted by Crippen LogP contribution is -2.14. The van der Waals surface area contributed by atoms with E-state index in [-0.39, 0.29) is 0 Å². The summed E-state index contributed by atoms with van der Waals surface area (Å²) in [5.41, 5.74) is 3.27. The number of fused-ring (bicyclic) bond motifs is 1. The largest absolute Gasteiger partial charge is 0.387 e. The Bertz CT molecular complexity index is 686. The molecule has 3 rings (SSSR count). The third kappa shape index (κ3) is 3.05. The molecule has 21 heavy (non-hydrogen) atoms. The summed E-state index contributed by atoms with van der Waals surface area (Å²) < 4.78 is 0. The van der Waals surface area contributed by atoms with Crippen molar-refractivity contribution in [2.24, 2.45) is 0 Å². The van der Waals surface area contributed by atoms with Crippen LogP contribution in [0.15, 0.2) is 36.6 Å². The van der Waals surface area contributed by atoms with E-state index in [9.17, 15) is 0 Å². The molecule has 0 unspecified atom stereocenters. The normalized spacial score (nSPS) is 13.0. The van der Waals surface area contributed by atoms with Gasteiger partial charge in [-0.25, -0.2) is 9.97 Å². The number of anilines is 1. The second kappa shape index (κ2) is 6.88. The summed E-state index contributed by atoms with van der Waals surface area (Å²) in [6.45, 7) is 6.84. The first-order chi connectivity index (χ1) is 10.3. The smallest absolute Gasteiger partial charge is 0.159 e. The van der Waals surface area contributed by atoms with Gasteiger partial charge in [0.05, 0.1) is 5.52 Å². The Morgan fingerprint density at radius 1 is 1.19 bits per heavy atom. The zero-order valence-electron chi connectivity index (χ0n) is 13.1. The molecule has 0 spiro atoms. The molecule has 110 valence electrons. The zero-order valence-corrected chi connectivity index (χ0v) is 13.1. The van der Waals surface area contributed by atoms with Gasteiger partial charge >= 0.3 is 0 Å². The van der Waals surface area contributed by atoms with Crippen LogP contribution in [0.1, 0.15) is 25.2 Å². The van der Waals surface area contributed by atoms with E-state index in [1.165, 1.54) is 0 Å². The monoisotopic (exact) mass is 282 g/mol. The van der Waals surface area contributed by atoms with Gasteiger partial charge in [-0.2, -0.15) is 0 Å². The van der Waals surface area contributed by atoms with E-state index in [4.69, 9.17) is 4.98 Å². The molecule has 1 aliphatic heterocycles. The molecule has 1 aromatic heterocycles. The van der Waals surface area contributed by atoms with E-state index >= 15 is 0 Å². The Morgan fingerprint density at radius 3 is 2.67 bits per heavy atom. The number of benzene rings is 1. The Labute approximate surface area is 126 Å². The van der Waals surface area contributed by atoms with E-state index < -0.39 is 0 Å². The molecule has 0 saturated heterocycles. The van der Waals surface area contributed by atoms with Crippen LogP contribution in [0, 0.1) is 6.92 Å². The minimum absolute atomic E-state index is 0.761. The molecule has 0 bridgehead atoms. The summed E-state index contributed by atoms with van der Waals surface area (Å²) in [4.78, 5) is 9.33. The predicted molar refractivity (Wildman–Crippen MR) is 90.3 cm³/mol. The molecule has 0 amide bonds. The fraction of sp³-hybridized carbons (Fsp3) is 0.294. The van der Waals surface area contributed by atoms with Crippen LogP contribution in [-0.4, -0.2) is 23.6 Å². The number of hydrogen-bond acceptors (Lipinski definition) is 4. The number of hydrogen-bond donors (Lipinski definition) is 2. The van der Waals surface area contributed by atoms with Gasteiger partial charge in [-0.3, -0.25) is 0 Å². The lowest BCUT2D eigenvalue weighted by molar-refractivity contribution is 0.966. The van der Waals surface area contributed by atoms with Crippen molar-refractivity contribution >= 4 is 22.3 Å². The number of nitrogens with zero attached hydrogens (tertiary/aromatic N) is 2. The average molecular weight is 282 g/mol. The summed E-state index contributed by atoms with van der Waals surface area (Å²) in [7, 11) is 1.89. The highest BCUT2D eigenvalue weighted by Crippen LogP contribution is 2.25. The summed E-state index contributed by atoms with van der Waals surface area (Å²) in [5, 5.41) is 7.41. The quantitative estimate of drug-likeness (QED) is 0.885. The van der Waals surface area contributed by atoms with E-state index in [0.29, 0.717) is 0 Å². The van der Waals surface area contributed by atoms with Crippen molar-refractivity contribution in [1.29, 1.82) is 0 Å². The Balaban J connectivity index is 0.000000774. The zero-order chi connectivity index (χ0) is 15.2. The maximum absolute atomic E-state index is 4.71. The first-order valence-electron chi connectivity index (χ1n) is 7.34. The molecule has 0 fully saturated rings. The molecule has 4 nitrogen and oxygen atoms in total. The van der Waals surface area contributed by atoms with Crippen molar-refractivity contribution in [2.45, 2.75) is 20.8 Å². The number of aromatic nitrogens is 2. The fourth-order valence-electron chi connectivity index (χ4n) is 2.24. The number of para-hydroxylation sites is 1. The topological polar surface area (TPSA) is 49.8 Å². The molecule has 2 N–H and O–H groups in total. The predicted octanol–water partition coefficient (Wildman–Crippen LogP) is 3.51. The first kappa shape index (κ1) is 15.0. The van der Waals surface area contributed by atoms with Crippen LogP contribution in [0.25, 0.3) is 16.5 Å². The SMILES string of the molecule is CC.CNc1nc(C2=CC=CNC2)nc2c(C)cccc12. The van der Waals surface area contributed by atoms with Crippen molar-refractivity contribution < 1.29 is 0 Å². The lowest BCUT2D eigenvalue weighted by atomic mass is 10.1. The van der Waals surface area contributed by atoms with Gasteiger partial charge in [0, 0.05) is 24.6 Å². The average Bonchev–Trinajstić information content (AvgIpc) is 2.57. The van der Waals surface area contributed by atoms with Gasteiger partial charge in [-0.15, -0.1) is 0 Å². The molecule has 4 heteroatoms. The van der Waals surface area contributed by atoms with Crippen molar-refractivity contribution in [2.75, 3.05) is 18.9 Å². The van der Waals surface area contributed by atoms with Crippen LogP contribution < -0.4 is 10.6 Å². The fourth-order valence-corrected chi connectivity index (χ4v) is 2.24. The Kier molecular flexibility index (Phi) is 4.93. The Hall–Kier alpha value is -2.36. The van der Waals surface area contributed by atoms with Crippen LogP contribution in [0.2, 0.25) is 0 Å². The van der Waals surface area contributed by atoms with Crippen molar-refractivity contribution in [3.8, 4) is 0 Å². The van der Waals surface area contributed by atoms with Crippen LogP contribution in [-0.2, 0) is 0 Å². The molecular weight excluding hydrogens is 260 g/mol. The number of aryl methyl sites for hydroxylation is 1. The van der Waals surface area contributed by atoms with Crippen molar-refractivity contribution in [1.82, 2.24) is 15.3 Å². The second-order valence-corrected chi connectivity index (χ2v) is 4.55. The maximum atomic E-state index is 4.71. The van der Waals surface area contributed by atoms with E-state index in [1.807, 2.05) is 45.3 Å². The highest BCUT2D eigenvalue weighted by atomic mass is 15.0. The van der Waals surface area contributed by atoms with Crippen LogP contribution in [0.4, 0.5) is 5.82 Å². The van der Waals surface area contributed by atoms with Gasteiger partial charge in [-0.05, 0) is 30.8 Å². The third-order valence-corrected chi connectivity index (χ3v) is 3.26. The summed E-state index contributed by atoms with van der Waals surface area (Å²) in [6, 6.07) is 6.16. The molecule has 1 aliphatic rings. The van der Waals surface area contributed by atoms with Gasteiger partial charge in [0.15, 0.2) is 5.82 Å². The number of dihydropyridines is 1. The van der Waals surface area contributed by atoms with E-state index in [0.717, 1.165) is 40.2 Å². The number of allylic oxidation sites excluding steroid dienone is 2. The van der Waals surface area contributed by atoms with Gasteiger partial charge in [0.25, 0.3) is 0 Å². The standard InChI is InChI=1S/C15H16N4.C2H6/c1-10-5-3-7-12-13(10)18-14(19-15(12)16-2)11-6-4-8-17-9-11;1-2/h3-8,17H,9H2,1-2H3,(H,16,18,19);1-2H3. The molecule has 1 aromatic carbocycles. The summed E-state index contributed by atoms with van der Waals surface area (Å²) >= 11 is 0. The molecule has 0 radical (unpaired) electrons. The molecule has 0 atom stereocenters. The highest BCUT2D eigenvalue weighted by Gasteiger charge is 2.12. The van der Waals surface area contributed by atoms with Gasteiger partial charge < -0.3 is 10.6 Å². The molecule has 2 aromatic rings. The van der Waals surface area contributed by atoms with E-state index in [2.05, 4.69) is 34.7 Å². The van der Waals surface area contributed by atoms with Crippen LogP contribution in [0.5, 0.6) is 0 Å². The lowest BCUT2D eigenvalue weighted by Gasteiger charge is -2.13. The van der Waals surface area contributed by atoms with Crippen molar-refractivity contribution in [3.05, 3.63) is 47.9 Å². The molecule has 0 aliphatic carbocycles. The first-order valence-corrected chi connectivity index (χ1v) is 7.34. The van der Waals surface area contributed by atoms with Gasteiger partial charge in [-0.1, -0.05) is 32.1 Å². The van der Waals surface area contributed by atoms with Crippen LogP contribution >= 0.6 is 0 Å². The van der Waals surface area contributed by atoms with Crippen molar-refractivity contribution in [3.63, 3.8) is 0 Å². The summed E-state index contributed by atoms with van der Waals surface area (Å²) in [5.74, 6) is 1.65. The van der Waals surface area contributed by atoms with Gasteiger partial charge in [0.1, 0.15) is 5.82 Å². The van der Waals surface area contributed by atoms with E-state index in [1.54, 1.807) is 0 Å². The number of nitrogens with one attached hydrogen (secondary N) is 2. The molecule has 2 heterocycles. The molecule has 0 saturated carbocycles. The highest BCUT2D eigenvalue weighted by molar-refractivity contribution is 5.92. The minimum atomic E-state index is 0.761. The Morgan fingerprint density at radius 2 is 2.00 bits per heavy atom.